The van der Waals surface area contributed by atoms with Crippen molar-refractivity contribution in [3.63, 3.8) is 0 Å². The van der Waals surface area contributed by atoms with Crippen LogP contribution in [0, 0.1) is 6.92 Å². The molecular weight excluding hydrogens is 186 g/mol. The molecule has 0 saturated heterocycles. The van der Waals surface area contributed by atoms with Gasteiger partial charge in [-0.3, -0.25) is 0 Å². The van der Waals surface area contributed by atoms with E-state index < -0.39 is 9.84 Å². The Bertz CT molecular complexity index is 410. The average Bonchev–Trinajstić information content (AvgIpc) is 2.09. The zero-order valence-electron chi connectivity index (χ0n) is 7.74. The quantitative estimate of drug-likeness (QED) is 0.732. The first-order chi connectivity index (χ1) is 5.97. The van der Waals surface area contributed by atoms with E-state index in [4.69, 9.17) is 5.73 Å². The summed E-state index contributed by atoms with van der Waals surface area (Å²) in [6.45, 7) is 3.46. The lowest BCUT2D eigenvalue weighted by molar-refractivity contribution is 0.597. The number of rotatable bonds is 2. The van der Waals surface area contributed by atoms with Crippen LogP contribution in [0.25, 0.3) is 0 Å². The van der Waals surface area contributed by atoms with Crippen molar-refractivity contribution >= 4 is 15.5 Å². The number of hydrogen-bond donors (Lipinski definition) is 1. The number of benzene rings is 1. The smallest absolute Gasteiger partial charge is 0.178 e. The molecule has 0 saturated carbocycles. The van der Waals surface area contributed by atoms with Gasteiger partial charge in [0.1, 0.15) is 0 Å². The van der Waals surface area contributed by atoms with E-state index in [0.717, 1.165) is 5.56 Å². The molecule has 0 aromatic heterocycles. The second-order valence-corrected chi connectivity index (χ2v) is 5.20. The zero-order valence-corrected chi connectivity index (χ0v) is 8.56. The first-order valence-corrected chi connectivity index (χ1v) is 5.71. The van der Waals surface area contributed by atoms with Gasteiger partial charge < -0.3 is 5.73 Å². The highest BCUT2D eigenvalue weighted by Gasteiger charge is 2.11. The van der Waals surface area contributed by atoms with Gasteiger partial charge in [-0.1, -0.05) is 13.0 Å². The molecule has 0 radical (unpaired) electrons. The Morgan fingerprint density at radius 3 is 2.46 bits per heavy atom. The second kappa shape index (κ2) is 3.38. The lowest BCUT2D eigenvalue weighted by Crippen LogP contribution is -2.04. The molecule has 1 aromatic carbocycles. The highest BCUT2D eigenvalue weighted by molar-refractivity contribution is 7.91. The molecule has 4 heteroatoms. The summed E-state index contributed by atoms with van der Waals surface area (Å²) in [4.78, 5) is 0.304. The minimum Gasteiger partial charge on any atom is -0.398 e. The van der Waals surface area contributed by atoms with Crippen LogP contribution in [0.15, 0.2) is 23.1 Å². The van der Waals surface area contributed by atoms with E-state index in [1.54, 1.807) is 19.1 Å². The van der Waals surface area contributed by atoms with Gasteiger partial charge >= 0.3 is 0 Å². The van der Waals surface area contributed by atoms with Crippen LogP contribution in [0.1, 0.15) is 12.5 Å². The molecule has 2 N–H and O–H groups in total. The fourth-order valence-corrected chi connectivity index (χ4v) is 1.89. The van der Waals surface area contributed by atoms with Gasteiger partial charge in [0.05, 0.1) is 10.6 Å². The number of sulfone groups is 1. The molecule has 0 aliphatic heterocycles. The van der Waals surface area contributed by atoms with E-state index in [9.17, 15) is 8.42 Å². The molecule has 0 unspecified atom stereocenters. The second-order valence-electron chi connectivity index (χ2n) is 2.92. The molecule has 0 bridgehead atoms. The first-order valence-electron chi connectivity index (χ1n) is 4.06. The Balaban J connectivity index is 3.27. The minimum absolute atomic E-state index is 0.107. The summed E-state index contributed by atoms with van der Waals surface area (Å²) in [6.07, 6.45) is 0. The largest absolute Gasteiger partial charge is 0.398 e. The Kier molecular flexibility index (Phi) is 2.61. The van der Waals surface area contributed by atoms with Gasteiger partial charge in [0.25, 0.3) is 0 Å². The number of aryl methyl sites for hydroxylation is 1. The number of hydrogen-bond acceptors (Lipinski definition) is 3. The van der Waals surface area contributed by atoms with Crippen molar-refractivity contribution < 1.29 is 8.42 Å². The first kappa shape index (κ1) is 10.1. The Morgan fingerprint density at radius 2 is 2.00 bits per heavy atom. The van der Waals surface area contributed by atoms with Crippen LogP contribution in [-0.4, -0.2) is 14.2 Å². The van der Waals surface area contributed by atoms with E-state index in [0.29, 0.717) is 10.6 Å². The molecular formula is C9H13NO2S. The fraction of sp³-hybridized carbons (Fsp3) is 0.333. The Labute approximate surface area is 78.5 Å². The molecule has 0 aliphatic carbocycles. The Morgan fingerprint density at radius 1 is 1.38 bits per heavy atom. The van der Waals surface area contributed by atoms with Gasteiger partial charge in [0.15, 0.2) is 9.84 Å². The number of nitrogen functional groups attached to an aromatic ring is 1. The predicted octanol–water partition coefficient (Wildman–Crippen LogP) is 1.37. The molecule has 72 valence electrons. The molecule has 1 rings (SSSR count). The van der Waals surface area contributed by atoms with Crippen LogP contribution < -0.4 is 5.73 Å². The lowest BCUT2D eigenvalue weighted by atomic mass is 10.2. The summed E-state index contributed by atoms with van der Waals surface area (Å²) in [5.74, 6) is 0.107. The molecule has 3 nitrogen and oxygen atoms in total. The molecule has 0 amide bonds. The van der Waals surface area contributed by atoms with Crippen LogP contribution in [0.5, 0.6) is 0 Å². The zero-order chi connectivity index (χ0) is 10.1. The summed E-state index contributed by atoms with van der Waals surface area (Å²) >= 11 is 0. The number of anilines is 1. The van der Waals surface area contributed by atoms with Gasteiger partial charge in [0, 0.05) is 5.69 Å². The van der Waals surface area contributed by atoms with Gasteiger partial charge in [-0.2, -0.15) is 0 Å². The highest BCUT2D eigenvalue weighted by atomic mass is 32.2. The van der Waals surface area contributed by atoms with Crippen LogP contribution in [-0.2, 0) is 9.84 Å². The van der Waals surface area contributed by atoms with E-state index in [2.05, 4.69) is 0 Å². The minimum atomic E-state index is -3.12. The molecule has 0 heterocycles. The lowest BCUT2D eigenvalue weighted by Gasteiger charge is -2.04. The SMILES string of the molecule is CCS(=O)(=O)c1ccc(C)c(N)c1. The maximum Gasteiger partial charge on any atom is 0.178 e. The maximum atomic E-state index is 11.4. The van der Waals surface area contributed by atoms with Crippen molar-refractivity contribution in [2.75, 3.05) is 11.5 Å². The van der Waals surface area contributed by atoms with Crippen LogP contribution in [0.4, 0.5) is 5.69 Å². The normalized spacial score (nSPS) is 11.5. The molecule has 0 fully saturated rings. The van der Waals surface area contributed by atoms with Crippen LogP contribution in [0.3, 0.4) is 0 Å². The summed E-state index contributed by atoms with van der Waals surface area (Å²) in [5.41, 5.74) is 7.03. The van der Waals surface area contributed by atoms with Gasteiger partial charge in [-0.05, 0) is 24.6 Å². The topological polar surface area (TPSA) is 60.2 Å². The van der Waals surface area contributed by atoms with Crippen molar-refractivity contribution in [1.82, 2.24) is 0 Å². The summed E-state index contributed by atoms with van der Waals surface area (Å²) < 4.78 is 22.8. The van der Waals surface area contributed by atoms with Crippen LogP contribution in [0.2, 0.25) is 0 Å². The maximum absolute atomic E-state index is 11.4. The molecule has 0 atom stereocenters. The van der Waals surface area contributed by atoms with E-state index in [1.165, 1.54) is 6.07 Å². The van der Waals surface area contributed by atoms with Crippen molar-refractivity contribution in [2.24, 2.45) is 0 Å². The van der Waals surface area contributed by atoms with Crippen molar-refractivity contribution in [2.45, 2.75) is 18.7 Å². The average molecular weight is 199 g/mol. The molecule has 0 aliphatic rings. The van der Waals surface area contributed by atoms with Gasteiger partial charge in [0.2, 0.25) is 0 Å². The van der Waals surface area contributed by atoms with E-state index in [-0.39, 0.29) is 5.75 Å². The monoisotopic (exact) mass is 199 g/mol. The van der Waals surface area contributed by atoms with Gasteiger partial charge in [-0.15, -0.1) is 0 Å². The van der Waals surface area contributed by atoms with Crippen molar-refractivity contribution in [3.8, 4) is 0 Å². The van der Waals surface area contributed by atoms with Crippen molar-refractivity contribution in [1.29, 1.82) is 0 Å². The number of nitrogens with two attached hydrogens (primary N) is 1. The highest BCUT2D eigenvalue weighted by Crippen LogP contribution is 2.17. The fourth-order valence-electron chi connectivity index (χ4n) is 0.979. The van der Waals surface area contributed by atoms with E-state index in [1.807, 2.05) is 6.92 Å². The molecule has 1 aromatic rings. The Hall–Kier alpha value is -1.03. The standard InChI is InChI=1S/C9H13NO2S/c1-3-13(11,12)8-5-4-7(2)9(10)6-8/h4-6H,3,10H2,1-2H3. The summed E-state index contributed by atoms with van der Waals surface area (Å²) in [6, 6.07) is 4.82. The third-order valence-electron chi connectivity index (χ3n) is 1.99. The molecule has 0 spiro atoms. The third-order valence-corrected chi connectivity index (χ3v) is 3.72. The third kappa shape index (κ3) is 2.01. The predicted molar refractivity (Wildman–Crippen MR) is 53.3 cm³/mol. The van der Waals surface area contributed by atoms with Crippen LogP contribution >= 0.6 is 0 Å². The summed E-state index contributed by atoms with van der Waals surface area (Å²) in [5, 5.41) is 0. The summed E-state index contributed by atoms with van der Waals surface area (Å²) in [7, 11) is -3.12. The van der Waals surface area contributed by atoms with E-state index >= 15 is 0 Å². The van der Waals surface area contributed by atoms with Gasteiger partial charge in [-0.25, -0.2) is 8.42 Å². The molecule has 13 heavy (non-hydrogen) atoms. The van der Waals surface area contributed by atoms with Crippen molar-refractivity contribution in [3.05, 3.63) is 23.8 Å².